The Morgan fingerprint density at radius 3 is 2.56 bits per heavy atom. The number of ether oxygens (including phenoxy) is 1. The van der Waals surface area contributed by atoms with Gasteiger partial charge in [-0.05, 0) is 38.1 Å². The first-order chi connectivity index (χ1) is 15.3. The van der Waals surface area contributed by atoms with E-state index in [0.29, 0.717) is 27.4 Å². The Balaban J connectivity index is 1.61. The quantitative estimate of drug-likeness (QED) is 0.400. The molecule has 10 nitrogen and oxygen atoms in total. The Labute approximate surface area is 193 Å². The molecule has 0 saturated heterocycles. The average molecular weight is 477 g/mol. The number of thioether (sulfide) groups is 1. The molecule has 170 valence electrons. The lowest BCUT2D eigenvalue weighted by molar-refractivity contribution is -0.113. The standard InChI is InChI=1S/C20H24N6O4S2/c1-11-12(2)32-19(21-11)23-16(28)10-31-20-25-24-17(26(20)3)15(9-27)22-18(29)13-5-7-14(30-4)8-6-13/h5-8,15,27H,9-10H2,1-4H3,(H,22,29)(H,21,23,28)/t15-/m1/s1. The molecule has 0 unspecified atom stereocenters. The van der Waals surface area contributed by atoms with E-state index >= 15 is 0 Å². The minimum atomic E-state index is -0.758. The molecule has 0 spiro atoms. The molecule has 0 fully saturated rings. The number of thiazole rings is 1. The van der Waals surface area contributed by atoms with E-state index < -0.39 is 6.04 Å². The fourth-order valence-electron chi connectivity index (χ4n) is 2.74. The Hall–Kier alpha value is -2.96. The van der Waals surface area contributed by atoms with Crippen LogP contribution in [0.5, 0.6) is 5.75 Å². The van der Waals surface area contributed by atoms with Gasteiger partial charge in [-0.25, -0.2) is 4.98 Å². The predicted octanol–water partition coefficient (Wildman–Crippen LogP) is 2.09. The van der Waals surface area contributed by atoms with Crippen molar-refractivity contribution in [2.75, 3.05) is 24.8 Å². The number of aryl methyl sites for hydroxylation is 2. The summed E-state index contributed by atoms with van der Waals surface area (Å²) < 4.78 is 6.73. The second kappa shape index (κ2) is 10.6. The average Bonchev–Trinajstić information content (AvgIpc) is 3.31. The summed E-state index contributed by atoms with van der Waals surface area (Å²) in [7, 11) is 3.26. The molecule has 1 atom stereocenters. The maximum absolute atomic E-state index is 12.5. The summed E-state index contributed by atoms with van der Waals surface area (Å²) in [6, 6.07) is 5.86. The van der Waals surface area contributed by atoms with Crippen LogP contribution in [0.1, 0.15) is 32.8 Å². The monoisotopic (exact) mass is 476 g/mol. The van der Waals surface area contributed by atoms with E-state index in [4.69, 9.17) is 4.74 Å². The molecule has 0 aliphatic heterocycles. The minimum Gasteiger partial charge on any atom is -0.497 e. The number of methoxy groups -OCH3 is 1. The maximum Gasteiger partial charge on any atom is 0.251 e. The lowest BCUT2D eigenvalue weighted by Gasteiger charge is -2.16. The number of carbonyl (C=O) groups excluding carboxylic acids is 2. The van der Waals surface area contributed by atoms with Gasteiger partial charge in [0, 0.05) is 17.5 Å². The van der Waals surface area contributed by atoms with Crippen molar-refractivity contribution in [3.63, 3.8) is 0 Å². The van der Waals surface area contributed by atoms with Gasteiger partial charge in [-0.2, -0.15) is 0 Å². The molecule has 2 amide bonds. The zero-order valence-corrected chi connectivity index (χ0v) is 19.7. The number of hydrogen-bond acceptors (Lipinski definition) is 9. The number of aliphatic hydroxyl groups excluding tert-OH is 1. The smallest absolute Gasteiger partial charge is 0.251 e. The number of aromatic nitrogens is 4. The first-order valence-electron chi connectivity index (χ1n) is 9.64. The number of carbonyl (C=O) groups is 2. The van der Waals surface area contributed by atoms with Crippen LogP contribution in [0.4, 0.5) is 5.13 Å². The van der Waals surface area contributed by atoms with Crippen LogP contribution in [0.15, 0.2) is 29.4 Å². The first kappa shape index (κ1) is 23.7. The van der Waals surface area contributed by atoms with Crippen molar-refractivity contribution < 1.29 is 19.4 Å². The van der Waals surface area contributed by atoms with E-state index in [0.717, 1.165) is 10.6 Å². The van der Waals surface area contributed by atoms with Crippen LogP contribution in [-0.4, -0.2) is 56.1 Å². The van der Waals surface area contributed by atoms with Crippen LogP contribution in [0.3, 0.4) is 0 Å². The van der Waals surface area contributed by atoms with Crippen molar-refractivity contribution >= 4 is 40.0 Å². The number of rotatable bonds is 9. The number of nitrogens with zero attached hydrogens (tertiary/aromatic N) is 4. The van der Waals surface area contributed by atoms with Gasteiger partial charge in [-0.15, -0.1) is 21.5 Å². The van der Waals surface area contributed by atoms with E-state index in [1.807, 2.05) is 13.8 Å². The highest BCUT2D eigenvalue weighted by molar-refractivity contribution is 7.99. The molecule has 2 heterocycles. The summed E-state index contributed by atoms with van der Waals surface area (Å²) in [5.41, 5.74) is 1.31. The van der Waals surface area contributed by atoms with Crippen molar-refractivity contribution in [3.05, 3.63) is 46.2 Å². The topological polar surface area (TPSA) is 131 Å². The molecule has 0 saturated carbocycles. The van der Waals surface area contributed by atoms with Gasteiger partial charge in [0.05, 0.1) is 25.2 Å². The van der Waals surface area contributed by atoms with Crippen molar-refractivity contribution in [2.24, 2.45) is 7.05 Å². The number of nitrogens with one attached hydrogen (secondary N) is 2. The minimum absolute atomic E-state index is 0.117. The fraction of sp³-hybridized carbons (Fsp3) is 0.350. The van der Waals surface area contributed by atoms with Crippen LogP contribution < -0.4 is 15.4 Å². The van der Waals surface area contributed by atoms with Gasteiger partial charge in [0.2, 0.25) is 5.91 Å². The molecule has 0 bridgehead atoms. The molecule has 0 aliphatic carbocycles. The van der Waals surface area contributed by atoms with Gasteiger partial charge in [-0.1, -0.05) is 11.8 Å². The largest absolute Gasteiger partial charge is 0.497 e. The zero-order chi connectivity index (χ0) is 23.3. The predicted molar refractivity (Wildman–Crippen MR) is 122 cm³/mol. The van der Waals surface area contributed by atoms with Crippen LogP contribution >= 0.6 is 23.1 Å². The molecule has 0 aliphatic rings. The van der Waals surface area contributed by atoms with Crippen LogP contribution in [-0.2, 0) is 11.8 Å². The third-order valence-electron chi connectivity index (χ3n) is 4.63. The van der Waals surface area contributed by atoms with Crippen molar-refractivity contribution in [2.45, 2.75) is 25.0 Å². The highest BCUT2D eigenvalue weighted by atomic mass is 32.2. The summed E-state index contributed by atoms with van der Waals surface area (Å²) in [5, 5.41) is 24.6. The van der Waals surface area contributed by atoms with Gasteiger partial charge in [0.1, 0.15) is 11.8 Å². The molecule has 1 aromatic carbocycles. The normalized spacial score (nSPS) is 11.8. The molecule has 32 heavy (non-hydrogen) atoms. The van der Waals surface area contributed by atoms with Gasteiger partial charge >= 0.3 is 0 Å². The highest BCUT2D eigenvalue weighted by Crippen LogP contribution is 2.23. The molecule has 12 heteroatoms. The number of anilines is 1. The third kappa shape index (κ3) is 5.64. The molecule has 3 N–H and O–H groups in total. The first-order valence-corrected chi connectivity index (χ1v) is 11.4. The van der Waals surface area contributed by atoms with Gasteiger partial charge in [0.25, 0.3) is 5.91 Å². The number of benzene rings is 1. The Morgan fingerprint density at radius 2 is 1.97 bits per heavy atom. The highest BCUT2D eigenvalue weighted by Gasteiger charge is 2.22. The van der Waals surface area contributed by atoms with E-state index in [1.54, 1.807) is 43.0 Å². The Kier molecular flexibility index (Phi) is 7.83. The zero-order valence-electron chi connectivity index (χ0n) is 18.1. The summed E-state index contributed by atoms with van der Waals surface area (Å²) in [6.45, 7) is 3.48. The maximum atomic E-state index is 12.5. The Bertz CT molecular complexity index is 1080. The second-order valence-corrected chi connectivity index (χ2v) is 8.98. The lowest BCUT2D eigenvalue weighted by atomic mass is 10.2. The van der Waals surface area contributed by atoms with E-state index in [-0.39, 0.29) is 24.2 Å². The van der Waals surface area contributed by atoms with Crippen molar-refractivity contribution in [1.82, 2.24) is 25.1 Å². The summed E-state index contributed by atoms with van der Waals surface area (Å²) in [6.07, 6.45) is 0. The van der Waals surface area contributed by atoms with E-state index in [9.17, 15) is 14.7 Å². The summed E-state index contributed by atoms with van der Waals surface area (Å²) >= 11 is 2.62. The van der Waals surface area contributed by atoms with Gasteiger partial charge in [-0.3, -0.25) is 9.59 Å². The third-order valence-corrected chi connectivity index (χ3v) is 6.64. The molecule has 3 aromatic rings. The summed E-state index contributed by atoms with van der Waals surface area (Å²) in [4.78, 5) is 30.1. The SMILES string of the molecule is COc1ccc(C(=O)N[C@H](CO)c2nnc(SCC(=O)Nc3nc(C)c(C)s3)n2C)cc1. The fourth-order valence-corrected chi connectivity index (χ4v) is 4.29. The van der Waals surface area contributed by atoms with Crippen LogP contribution in [0.2, 0.25) is 0 Å². The summed E-state index contributed by atoms with van der Waals surface area (Å²) in [5.74, 6) is 0.561. The van der Waals surface area contributed by atoms with Crippen molar-refractivity contribution in [3.8, 4) is 5.75 Å². The van der Waals surface area contributed by atoms with Gasteiger partial charge in [0.15, 0.2) is 16.1 Å². The molecular formula is C20H24N6O4S2. The second-order valence-electron chi connectivity index (χ2n) is 6.83. The van der Waals surface area contributed by atoms with Crippen LogP contribution in [0.25, 0.3) is 0 Å². The molecule has 0 radical (unpaired) electrons. The molecule has 3 rings (SSSR count). The van der Waals surface area contributed by atoms with Crippen molar-refractivity contribution in [1.29, 1.82) is 0 Å². The number of hydrogen-bond donors (Lipinski definition) is 3. The van der Waals surface area contributed by atoms with E-state index in [1.165, 1.54) is 23.1 Å². The van der Waals surface area contributed by atoms with E-state index in [2.05, 4.69) is 25.8 Å². The number of aliphatic hydroxyl groups is 1. The van der Waals surface area contributed by atoms with Crippen LogP contribution in [0, 0.1) is 13.8 Å². The lowest BCUT2D eigenvalue weighted by Crippen LogP contribution is -2.32. The van der Waals surface area contributed by atoms with Gasteiger partial charge < -0.3 is 25.0 Å². The Morgan fingerprint density at radius 1 is 1.25 bits per heavy atom. The number of amides is 2. The molecule has 2 aromatic heterocycles. The molecular weight excluding hydrogens is 452 g/mol.